The quantitative estimate of drug-likeness (QED) is 0.626. The first-order chi connectivity index (χ1) is 4.39. The Morgan fingerprint density at radius 2 is 1.56 bits per heavy atom. The molecule has 0 radical (unpaired) electrons. The van der Waals surface area contributed by atoms with Crippen molar-refractivity contribution in [1.82, 2.24) is 0 Å². The van der Waals surface area contributed by atoms with E-state index < -0.39 is 0 Å². The van der Waals surface area contributed by atoms with Crippen molar-refractivity contribution in [3.63, 3.8) is 0 Å². The molecule has 50 valence electrons. The van der Waals surface area contributed by atoms with Crippen LogP contribution in [0.5, 0.6) is 0 Å². The Hall–Kier alpha value is 0.170. The molecule has 1 aromatic rings. The van der Waals surface area contributed by atoms with E-state index in [0.717, 1.165) is 0 Å². The summed E-state index contributed by atoms with van der Waals surface area (Å²) in [4.78, 5) is 0. The van der Waals surface area contributed by atoms with Gasteiger partial charge in [0.05, 0.1) is 0 Å². The molecule has 0 N–H and O–H groups in total. The standard InChI is InChI=1S/C6H5F.ClI/c7-6-4-2-1-3-5-6;1-2/h1-5H;. The van der Waals surface area contributed by atoms with Crippen LogP contribution in [0.4, 0.5) is 4.39 Å². The lowest BCUT2D eigenvalue weighted by Gasteiger charge is -1.78. The molecule has 0 aromatic heterocycles. The minimum Gasteiger partial charge on any atom is -0.207 e. The van der Waals surface area contributed by atoms with Gasteiger partial charge in [-0.1, -0.05) is 18.2 Å². The molecule has 0 spiro atoms. The van der Waals surface area contributed by atoms with Gasteiger partial charge in [-0.05, 0) is 21.0 Å². The van der Waals surface area contributed by atoms with E-state index in [1.165, 1.54) is 12.1 Å². The second kappa shape index (κ2) is 6.29. The van der Waals surface area contributed by atoms with Crippen molar-refractivity contribution < 1.29 is 4.39 Å². The number of hydrogen-bond acceptors (Lipinski definition) is 0. The monoisotopic (exact) mass is 258 g/mol. The summed E-state index contributed by atoms with van der Waals surface area (Å²) >= 11 is 1.62. The van der Waals surface area contributed by atoms with Crippen LogP contribution in [0.25, 0.3) is 0 Å². The van der Waals surface area contributed by atoms with Gasteiger partial charge in [-0.25, -0.2) is 4.39 Å². The van der Waals surface area contributed by atoms with Gasteiger partial charge in [0, 0.05) is 21.5 Å². The molecule has 1 aromatic carbocycles. The molecule has 0 bridgehead atoms. The summed E-state index contributed by atoms with van der Waals surface area (Å²) in [6.07, 6.45) is 0. The molecular weight excluding hydrogens is 253 g/mol. The lowest BCUT2D eigenvalue weighted by Crippen LogP contribution is -1.63. The fourth-order valence-corrected chi connectivity index (χ4v) is 0.415. The second-order valence-electron chi connectivity index (χ2n) is 1.30. The van der Waals surface area contributed by atoms with Crippen LogP contribution in [0.3, 0.4) is 0 Å². The van der Waals surface area contributed by atoms with E-state index in [1.807, 2.05) is 0 Å². The molecule has 0 saturated heterocycles. The highest BCUT2D eigenvalue weighted by molar-refractivity contribution is 14.1. The fourth-order valence-electron chi connectivity index (χ4n) is 0.415. The molecule has 0 nitrogen and oxygen atoms in total. The third-order valence-corrected chi connectivity index (χ3v) is 0.733. The summed E-state index contributed by atoms with van der Waals surface area (Å²) in [6, 6.07) is 7.94. The Labute approximate surface area is 70.9 Å². The Kier molecular flexibility index (Phi) is 6.41. The van der Waals surface area contributed by atoms with Crippen LogP contribution in [0.2, 0.25) is 0 Å². The largest absolute Gasteiger partial charge is 0.207 e. The summed E-state index contributed by atoms with van der Waals surface area (Å²) in [5.41, 5.74) is 0. The Morgan fingerprint density at radius 3 is 1.78 bits per heavy atom. The van der Waals surface area contributed by atoms with E-state index in [2.05, 4.69) is 8.91 Å². The SMILES string of the molecule is ClI.Fc1ccccc1. The van der Waals surface area contributed by atoms with Gasteiger partial charge < -0.3 is 0 Å². The summed E-state index contributed by atoms with van der Waals surface area (Å²) in [6.45, 7) is 0. The van der Waals surface area contributed by atoms with Gasteiger partial charge in [0.15, 0.2) is 0 Å². The van der Waals surface area contributed by atoms with Crippen LogP contribution < -0.4 is 0 Å². The topological polar surface area (TPSA) is 0 Å². The summed E-state index contributed by atoms with van der Waals surface area (Å²) in [5, 5.41) is 0. The smallest absolute Gasteiger partial charge is 0.123 e. The molecule has 0 unspecified atom stereocenters. The highest BCUT2D eigenvalue weighted by Crippen LogP contribution is 1.91. The molecule has 3 heteroatoms. The van der Waals surface area contributed by atoms with Crippen molar-refractivity contribution in [2.45, 2.75) is 0 Å². The highest BCUT2D eigenvalue weighted by atomic mass is 127. The predicted octanol–water partition coefficient (Wildman–Crippen LogP) is 3.40. The number of hydrogen-bond donors (Lipinski definition) is 0. The molecule has 9 heavy (non-hydrogen) atoms. The minimum absolute atomic E-state index is 0.178. The molecule has 1 rings (SSSR count). The Morgan fingerprint density at radius 1 is 1.11 bits per heavy atom. The minimum atomic E-state index is -0.178. The first-order valence-corrected chi connectivity index (χ1v) is 4.97. The van der Waals surface area contributed by atoms with Crippen molar-refractivity contribution in [2.24, 2.45) is 0 Å². The Balaban J connectivity index is 0.000000291. The lowest BCUT2D eigenvalue weighted by molar-refractivity contribution is 0.628. The van der Waals surface area contributed by atoms with Crippen LogP contribution >= 0.6 is 30.4 Å². The van der Waals surface area contributed by atoms with Crippen LogP contribution in [0.1, 0.15) is 0 Å². The normalized spacial score (nSPS) is 7.44. The van der Waals surface area contributed by atoms with Gasteiger partial charge in [0.25, 0.3) is 0 Å². The molecule has 0 heterocycles. The number of rotatable bonds is 0. The van der Waals surface area contributed by atoms with Crippen molar-refractivity contribution >= 4 is 30.4 Å². The molecule has 0 atom stereocenters. The lowest BCUT2D eigenvalue weighted by atomic mass is 10.4. The third-order valence-electron chi connectivity index (χ3n) is 0.733. The maximum atomic E-state index is 11.9. The second-order valence-corrected chi connectivity index (χ2v) is 1.30. The van der Waals surface area contributed by atoms with Gasteiger partial charge in [0.2, 0.25) is 0 Å². The van der Waals surface area contributed by atoms with Crippen LogP contribution in [0.15, 0.2) is 30.3 Å². The van der Waals surface area contributed by atoms with E-state index in [9.17, 15) is 4.39 Å². The summed E-state index contributed by atoms with van der Waals surface area (Å²) < 4.78 is 11.9. The zero-order valence-electron chi connectivity index (χ0n) is 4.52. The average Bonchev–Trinajstić information content (AvgIpc) is 1.94. The molecule has 0 aliphatic rings. The van der Waals surface area contributed by atoms with E-state index >= 15 is 0 Å². The van der Waals surface area contributed by atoms with E-state index in [1.54, 1.807) is 39.7 Å². The molecule has 0 aliphatic heterocycles. The third kappa shape index (κ3) is 4.66. The average molecular weight is 258 g/mol. The van der Waals surface area contributed by atoms with Crippen molar-refractivity contribution in [2.75, 3.05) is 0 Å². The van der Waals surface area contributed by atoms with Crippen LogP contribution in [-0.4, -0.2) is 0 Å². The maximum absolute atomic E-state index is 11.9. The summed E-state index contributed by atoms with van der Waals surface area (Å²) in [7, 11) is 4.61. The van der Waals surface area contributed by atoms with Crippen molar-refractivity contribution in [3.8, 4) is 0 Å². The number of benzene rings is 1. The van der Waals surface area contributed by atoms with Crippen molar-refractivity contribution in [1.29, 1.82) is 0 Å². The predicted molar refractivity (Wildman–Crippen MR) is 46.3 cm³/mol. The molecular formula is C6H5ClFI. The first kappa shape index (κ1) is 9.17. The van der Waals surface area contributed by atoms with Gasteiger partial charge in [-0.15, -0.1) is 0 Å². The maximum Gasteiger partial charge on any atom is 0.123 e. The summed E-state index contributed by atoms with van der Waals surface area (Å²) in [5.74, 6) is -0.178. The molecule has 0 fully saturated rings. The number of halogens is 3. The van der Waals surface area contributed by atoms with Gasteiger partial charge >= 0.3 is 0 Å². The highest BCUT2D eigenvalue weighted by Gasteiger charge is 1.77. The van der Waals surface area contributed by atoms with Gasteiger partial charge in [-0.3, -0.25) is 0 Å². The first-order valence-electron chi connectivity index (χ1n) is 2.24. The van der Waals surface area contributed by atoms with Gasteiger partial charge in [-0.2, -0.15) is 0 Å². The van der Waals surface area contributed by atoms with E-state index in [0.29, 0.717) is 0 Å². The molecule has 0 aliphatic carbocycles. The van der Waals surface area contributed by atoms with Gasteiger partial charge in [0.1, 0.15) is 5.82 Å². The van der Waals surface area contributed by atoms with Crippen LogP contribution in [0, 0.1) is 5.82 Å². The van der Waals surface area contributed by atoms with E-state index in [-0.39, 0.29) is 5.82 Å². The molecule has 0 saturated carbocycles. The Bertz CT molecular complexity index is 143. The zero-order valence-corrected chi connectivity index (χ0v) is 7.43. The van der Waals surface area contributed by atoms with Crippen LogP contribution in [-0.2, 0) is 0 Å². The molecule has 0 amide bonds. The zero-order chi connectivity index (χ0) is 7.11. The van der Waals surface area contributed by atoms with Crippen molar-refractivity contribution in [3.05, 3.63) is 36.1 Å². The fraction of sp³-hybridized carbons (Fsp3) is 0. The van der Waals surface area contributed by atoms with E-state index in [4.69, 9.17) is 0 Å².